The lowest BCUT2D eigenvalue weighted by atomic mass is 10.0. The Morgan fingerprint density at radius 2 is 1.74 bits per heavy atom. The van der Waals surface area contributed by atoms with Crippen LogP contribution in [0.15, 0.2) is 24.3 Å². The second kappa shape index (κ2) is 9.48. The minimum absolute atomic E-state index is 0. The van der Waals surface area contributed by atoms with E-state index in [1.165, 1.54) is 5.56 Å². The second-order valence-corrected chi connectivity index (χ2v) is 6.66. The van der Waals surface area contributed by atoms with Crippen molar-refractivity contribution in [3.8, 4) is 5.75 Å². The molecule has 0 aliphatic carbocycles. The number of halogens is 1. The van der Waals surface area contributed by atoms with Gasteiger partial charge in [0.25, 0.3) is 0 Å². The topological polar surface area (TPSA) is 41.9 Å². The zero-order chi connectivity index (χ0) is 16.1. The molecule has 0 bridgehead atoms. The van der Waals surface area contributed by atoms with Gasteiger partial charge in [-0.25, -0.2) is 0 Å². The average Bonchev–Trinajstić information content (AvgIpc) is 2.44. The van der Waals surface area contributed by atoms with Gasteiger partial charge < -0.3 is 27.0 Å². The van der Waals surface area contributed by atoms with Gasteiger partial charge in [0.05, 0.1) is 12.2 Å². The van der Waals surface area contributed by atoms with Crippen molar-refractivity contribution in [2.75, 3.05) is 26.2 Å². The lowest BCUT2D eigenvalue weighted by molar-refractivity contribution is -0.0786. The molecule has 0 spiro atoms. The van der Waals surface area contributed by atoms with E-state index < -0.39 is 6.10 Å². The van der Waals surface area contributed by atoms with Crippen molar-refractivity contribution in [1.82, 2.24) is 4.90 Å². The Morgan fingerprint density at radius 3 is 2.26 bits per heavy atom. The summed E-state index contributed by atoms with van der Waals surface area (Å²) in [7, 11) is 0. The number of aliphatic hydroxyl groups is 1. The summed E-state index contributed by atoms with van der Waals surface area (Å²) >= 11 is 0. The number of benzene rings is 1. The van der Waals surface area contributed by atoms with Crippen molar-refractivity contribution < 1.29 is 27.0 Å². The SMILES string of the molecule is CC1CN(CC(O)COc2ccc(C(C)C)cc2)CC(C)O1.[Cl-]. The smallest absolute Gasteiger partial charge is 0.119 e. The molecule has 0 saturated carbocycles. The molecule has 1 aliphatic rings. The van der Waals surface area contributed by atoms with Crippen LogP contribution in [0.4, 0.5) is 0 Å². The van der Waals surface area contributed by atoms with Crippen molar-refractivity contribution in [1.29, 1.82) is 0 Å². The number of morpholine rings is 1. The molecule has 5 heteroatoms. The van der Waals surface area contributed by atoms with E-state index in [0.29, 0.717) is 19.1 Å². The summed E-state index contributed by atoms with van der Waals surface area (Å²) in [6.07, 6.45) is -0.0387. The summed E-state index contributed by atoms with van der Waals surface area (Å²) in [4.78, 5) is 2.24. The van der Waals surface area contributed by atoms with Gasteiger partial charge in [0, 0.05) is 19.6 Å². The van der Waals surface area contributed by atoms with Gasteiger partial charge in [0.1, 0.15) is 18.5 Å². The maximum absolute atomic E-state index is 10.2. The Hall–Kier alpha value is -0.810. The van der Waals surface area contributed by atoms with Gasteiger partial charge in [0.2, 0.25) is 0 Å². The molecule has 0 amide bonds. The molecular weight excluding hydrogens is 314 g/mol. The highest BCUT2D eigenvalue weighted by Gasteiger charge is 2.23. The molecule has 1 fully saturated rings. The third kappa shape index (κ3) is 6.68. The van der Waals surface area contributed by atoms with Crippen LogP contribution in [-0.2, 0) is 4.74 Å². The number of ether oxygens (including phenoxy) is 2. The van der Waals surface area contributed by atoms with Crippen molar-refractivity contribution in [3.05, 3.63) is 29.8 Å². The normalized spacial score (nSPS) is 23.4. The van der Waals surface area contributed by atoms with Gasteiger partial charge in [-0.1, -0.05) is 26.0 Å². The van der Waals surface area contributed by atoms with E-state index in [9.17, 15) is 5.11 Å². The summed E-state index contributed by atoms with van der Waals surface area (Å²) < 4.78 is 11.4. The van der Waals surface area contributed by atoms with Crippen LogP contribution >= 0.6 is 0 Å². The Labute approximate surface area is 146 Å². The quantitative estimate of drug-likeness (QED) is 0.768. The van der Waals surface area contributed by atoms with Crippen LogP contribution in [0.1, 0.15) is 39.2 Å². The van der Waals surface area contributed by atoms with Gasteiger partial charge in [-0.15, -0.1) is 0 Å². The molecule has 3 atom stereocenters. The molecule has 4 nitrogen and oxygen atoms in total. The zero-order valence-corrected chi connectivity index (χ0v) is 15.3. The van der Waals surface area contributed by atoms with E-state index >= 15 is 0 Å². The molecule has 1 saturated heterocycles. The van der Waals surface area contributed by atoms with Crippen LogP contribution in [0.5, 0.6) is 5.75 Å². The second-order valence-electron chi connectivity index (χ2n) is 6.66. The molecule has 2 rings (SSSR count). The van der Waals surface area contributed by atoms with Crippen LogP contribution in [0.3, 0.4) is 0 Å². The van der Waals surface area contributed by atoms with E-state index in [1.54, 1.807) is 0 Å². The van der Waals surface area contributed by atoms with Crippen molar-refractivity contribution in [3.63, 3.8) is 0 Å². The Kier molecular flexibility index (Phi) is 8.34. The fraction of sp³-hybridized carbons (Fsp3) is 0.667. The standard InChI is InChI=1S/C18H29NO3.ClH/c1-13(2)16-5-7-18(8-6-16)21-12-17(20)11-19-9-14(3)22-15(4)10-19;/h5-8,13-15,17,20H,9-12H2,1-4H3;1H/p-1. The molecule has 1 aromatic carbocycles. The van der Waals surface area contributed by atoms with E-state index in [-0.39, 0.29) is 24.6 Å². The Morgan fingerprint density at radius 1 is 1.17 bits per heavy atom. The van der Waals surface area contributed by atoms with E-state index in [1.807, 2.05) is 12.1 Å². The van der Waals surface area contributed by atoms with E-state index in [0.717, 1.165) is 18.8 Å². The number of aliphatic hydroxyl groups excluding tert-OH is 1. The van der Waals surface area contributed by atoms with Crippen LogP contribution < -0.4 is 17.1 Å². The third-order valence-corrected chi connectivity index (χ3v) is 3.95. The Bertz CT molecular complexity index is 442. The Balaban J connectivity index is 0.00000264. The molecule has 132 valence electrons. The fourth-order valence-corrected chi connectivity index (χ4v) is 2.93. The lowest BCUT2D eigenvalue weighted by Gasteiger charge is -2.36. The minimum Gasteiger partial charge on any atom is -1.00 e. The summed E-state index contributed by atoms with van der Waals surface area (Å²) in [5, 5.41) is 10.2. The number of hydrogen-bond donors (Lipinski definition) is 1. The van der Waals surface area contributed by atoms with Gasteiger partial charge in [0.15, 0.2) is 0 Å². The molecule has 0 radical (unpaired) electrons. The molecule has 0 aromatic heterocycles. The maximum atomic E-state index is 10.2. The maximum Gasteiger partial charge on any atom is 0.119 e. The van der Waals surface area contributed by atoms with Crippen LogP contribution in [0.2, 0.25) is 0 Å². The first-order valence-corrected chi connectivity index (χ1v) is 8.22. The third-order valence-electron chi connectivity index (χ3n) is 3.95. The highest BCUT2D eigenvalue weighted by atomic mass is 35.5. The molecule has 3 unspecified atom stereocenters. The average molecular weight is 343 g/mol. The van der Waals surface area contributed by atoms with Crippen LogP contribution in [0, 0.1) is 0 Å². The van der Waals surface area contributed by atoms with Crippen molar-refractivity contribution in [2.24, 2.45) is 0 Å². The van der Waals surface area contributed by atoms with Gasteiger partial charge in [-0.2, -0.15) is 0 Å². The molecule has 23 heavy (non-hydrogen) atoms. The highest BCUT2D eigenvalue weighted by Crippen LogP contribution is 2.19. The predicted octanol–water partition coefficient (Wildman–Crippen LogP) is -0.337. The summed E-state index contributed by atoms with van der Waals surface area (Å²) in [6, 6.07) is 8.11. The first-order chi connectivity index (χ1) is 10.4. The molecule has 1 aromatic rings. The number of β-amino-alcohol motifs (C(OH)–C–C–N with tert-alkyl or cyclic N) is 1. The largest absolute Gasteiger partial charge is 1.00 e. The van der Waals surface area contributed by atoms with Gasteiger partial charge >= 0.3 is 0 Å². The molecule has 1 N–H and O–H groups in total. The van der Waals surface area contributed by atoms with Gasteiger partial charge in [-0.3, -0.25) is 4.90 Å². The summed E-state index contributed by atoms with van der Waals surface area (Å²) in [6.45, 7) is 11.2. The van der Waals surface area contributed by atoms with E-state index in [4.69, 9.17) is 9.47 Å². The van der Waals surface area contributed by atoms with Crippen LogP contribution in [0.25, 0.3) is 0 Å². The van der Waals surface area contributed by atoms with Crippen LogP contribution in [-0.4, -0.2) is 54.6 Å². The van der Waals surface area contributed by atoms with Gasteiger partial charge in [-0.05, 0) is 37.5 Å². The minimum atomic E-state index is -0.484. The predicted molar refractivity (Wildman–Crippen MR) is 88.5 cm³/mol. The van der Waals surface area contributed by atoms with E-state index in [2.05, 4.69) is 44.7 Å². The molecule has 1 aliphatic heterocycles. The first kappa shape index (κ1) is 20.2. The molecular formula is C18H29ClNO3-. The number of rotatable bonds is 6. The molecule has 1 heterocycles. The number of hydrogen-bond acceptors (Lipinski definition) is 4. The lowest BCUT2D eigenvalue weighted by Crippen LogP contribution is -3.00. The fourth-order valence-electron chi connectivity index (χ4n) is 2.93. The van der Waals surface area contributed by atoms with Crippen molar-refractivity contribution >= 4 is 0 Å². The summed E-state index contributed by atoms with van der Waals surface area (Å²) in [5.41, 5.74) is 1.30. The highest BCUT2D eigenvalue weighted by molar-refractivity contribution is 5.28. The van der Waals surface area contributed by atoms with Crippen molar-refractivity contribution in [2.45, 2.75) is 51.9 Å². The zero-order valence-electron chi connectivity index (χ0n) is 14.5. The first-order valence-electron chi connectivity index (χ1n) is 8.22. The monoisotopic (exact) mass is 342 g/mol. The number of nitrogens with zero attached hydrogens (tertiary/aromatic N) is 1. The summed E-state index contributed by atoms with van der Waals surface area (Å²) in [5.74, 6) is 1.33.